The average molecular weight is 325 g/mol. The van der Waals surface area contributed by atoms with Crippen molar-refractivity contribution in [2.75, 3.05) is 26.8 Å². The summed E-state index contributed by atoms with van der Waals surface area (Å²) in [7, 11) is 1.65. The standard InChI is InChI=1S/C17H27NO3S/c1-12(2)15-9-14(11-22-15)16(19)18-7-5-17(20,6-8-21-4)13(3)10-18/h9,11-13,20H,5-8,10H2,1-4H3/t13-,17-/m1/s1. The Kier molecular flexibility index (Phi) is 5.64. The first-order valence-electron chi connectivity index (χ1n) is 7.96. The Morgan fingerprint density at radius 3 is 2.86 bits per heavy atom. The second kappa shape index (κ2) is 7.11. The van der Waals surface area contributed by atoms with Crippen molar-refractivity contribution in [3.63, 3.8) is 0 Å². The second-order valence-corrected chi connectivity index (χ2v) is 7.58. The molecule has 0 unspecified atom stereocenters. The fraction of sp³-hybridized carbons (Fsp3) is 0.706. The fourth-order valence-electron chi connectivity index (χ4n) is 2.95. The summed E-state index contributed by atoms with van der Waals surface area (Å²) in [5.74, 6) is 0.596. The van der Waals surface area contributed by atoms with Crippen LogP contribution >= 0.6 is 11.3 Å². The molecule has 2 atom stereocenters. The van der Waals surface area contributed by atoms with E-state index in [1.165, 1.54) is 4.88 Å². The van der Waals surface area contributed by atoms with Gasteiger partial charge in [0.2, 0.25) is 0 Å². The van der Waals surface area contributed by atoms with E-state index in [0.717, 1.165) is 5.56 Å². The Morgan fingerprint density at radius 2 is 2.32 bits per heavy atom. The molecule has 1 aliphatic rings. The third-order valence-corrected chi connectivity index (χ3v) is 5.92. The molecule has 2 heterocycles. The van der Waals surface area contributed by atoms with Crippen LogP contribution in [0, 0.1) is 5.92 Å². The molecule has 0 bridgehead atoms. The van der Waals surface area contributed by atoms with E-state index in [1.54, 1.807) is 18.4 Å². The predicted molar refractivity (Wildman–Crippen MR) is 89.5 cm³/mol. The molecule has 1 amide bonds. The lowest BCUT2D eigenvalue weighted by Gasteiger charge is -2.43. The fourth-order valence-corrected chi connectivity index (χ4v) is 3.85. The number of rotatable bonds is 5. The van der Waals surface area contributed by atoms with Crippen LogP contribution in [0.4, 0.5) is 0 Å². The quantitative estimate of drug-likeness (QED) is 0.905. The minimum atomic E-state index is -0.718. The summed E-state index contributed by atoms with van der Waals surface area (Å²) in [5.41, 5.74) is 0.0630. The number of hydrogen-bond donors (Lipinski definition) is 1. The highest BCUT2D eigenvalue weighted by Gasteiger charge is 2.39. The molecule has 0 aliphatic carbocycles. The van der Waals surface area contributed by atoms with Gasteiger partial charge in [-0.1, -0.05) is 20.8 Å². The maximum atomic E-state index is 12.6. The zero-order valence-electron chi connectivity index (χ0n) is 14.0. The largest absolute Gasteiger partial charge is 0.389 e. The molecule has 1 aliphatic heterocycles. The zero-order valence-corrected chi connectivity index (χ0v) is 14.8. The number of likely N-dealkylation sites (tertiary alicyclic amines) is 1. The first-order chi connectivity index (χ1) is 10.4. The molecule has 1 N–H and O–H groups in total. The van der Waals surface area contributed by atoms with Crippen molar-refractivity contribution in [1.29, 1.82) is 0 Å². The van der Waals surface area contributed by atoms with E-state index in [9.17, 15) is 9.90 Å². The molecule has 4 nitrogen and oxygen atoms in total. The summed E-state index contributed by atoms with van der Waals surface area (Å²) in [4.78, 5) is 15.7. The lowest BCUT2D eigenvalue weighted by molar-refractivity contribution is -0.0750. The third kappa shape index (κ3) is 3.70. The number of piperidine rings is 1. The smallest absolute Gasteiger partial charge is 0.254 e. The number of carbonyl (C=O) groups excluding carboxylic acids is 1. The number of carbonyl (C=O) groups is 1. The molecular formula is C17H27NO3S. The van der Waals surface area contributed by atoms with E-state index in [1.807, 2.05) is 23.3 Å². The Hall–Kier alpha value is -0.910. The first-order valence-corrected chi connectivity index (χ1v) is 8.84. The van der Waals surface area contributed by atoms with Gasteiger partial charge >= 0.3 is 0 Å². The van der Waals surface area contributed by atoms with Crippen molar-refractivity contribution in [3.05, 3.63) is 21.9 Å². The summed E-state index contributed by atoms with van der Waals surface area (Å²) >= 11 is 1.65. The summed E-state index contributed by atoms with van der Waals surface area (Å²) in [6.07, 6.45) is 1.24. The normalized spacial score (nSPS) is 25.7. The highest BCUT2D eigenvalue weighted by molar-refractivity contribution is 7.10. The van der Waals surface area contributed by atoms with Gasteiger partial charge in [-0.25, -0.2) is 0 Å². The van der Waals surface area contributed by atoms with Gasteiger partial charge < -0.3 is 14.7 Å². The Morgan fingerprint density at radius 1 is 1.59 bits per heavy atom. The molecule has 1 saturated heterocycles. The molecular weight excluding hydrogens is 298 g/mol. The number of hydrogen-bond acceptors (Lipinski definition) is 4. The van der Waals surface area contributed by atoms with E-state index >= 15 is 0 Å². The van der Waals surface area contributed by atoms with Gasteiger partial charge in [0.05, 0.1) is 11.2 Å². The Bertz CT molecular complexity index is 514. The van der Waals surface area contributed by atoms with Gasteiger partial charge in [-0.3, -0.25) is 4.79 Å². The Labute approximate surface area is 137 Å². The first kappa shape index (κ1) is 17.4. The molecule has 2 rings (SSSR count). The predicted octanol–water partition coefficient (Wildman–Crippen LogP) is 3.12. The van der Waals surface area contributed by atoms with Crippen LogP contribution in [0.15, 0.2) is 11.4 Å². The molecule has 0 spiro atoms. The molecule has 0 aromatic carbocycles. The van der Waals surface area contributed by atoms with Crippen molar-refractivity contribution in [2.45, 2.75) is 45.1 Å². The minimum absolute atomic E-state index is 0.0588. The third-order valence-electron chi connectivity index (χ3n) is 4.69. The topological polar surface area (TPSA) is 49.8 Å². The van der Waals surface area contributed by atoms with Crippen molar-refractivity contribution >= 4 is 17.2 Å². The summed E-state index contributed by atoms with van der Waals surface area (Å²) in [5, 5.41) is 12.7. The highest BCUT2D eigenvalue weighted by atomic mass is 32.1. The summed E-state index contributed by atoms with van der Waals surface area (Å²) in [6.45, 7) is 8.05. The van der Waals surface area contributed by atoms with Gasteiger partial charge in [-0.2, -0.15) is 0 Å². The van der Waals surface area contributed by atoms with Gasteiger partial charge in [-0.15, -0.1) is 11.3 Å². The molecule has 0 saturated carbocycles. The maximum Gasteiger partial charge on any atom is 0.254 e. The molecule has 1 fully saturated rings. The van der Waals surface area contributed by atoms with Crippen LogP contribution in [0.3, 0.4) is 0 Å². The average Bonchev–Trinajstić information content (AvgIpc) is 2.97. The van der Waals surface area contributed by atoms with Crippen molar-refractivity contribution in [3.8, 4) is 0 Å². The van der Waals surface area contributed by atoms with Crippen LogP contribution in [0.1, 0.15) is 54.8 Å². The SMILES string of the molecule is COCC[C@]1(O)CCN(C(=O)c2csc(C(C)C)c2)C[C@H]1C. The molecule has 1 aromatic rings. The molecule has 0 radical (unpaired) electrons. The van der Waals surface area contributed by atoms with E-state index in [4.69, 9.17) is 4.74 Å². The number of amides is 1. The van der Waals surface area contributed by atoms with Gasteiger partial charge in [-0.05, 0) is 24.8 Å². The number of methoxy groups -OCH3 is 1. The lowest BCUT2D eigenvalue weighted by atomic mass is 9.79. The minimum Gasteiger partial charge on any atom is -0.389 e. The van der Waals surface area contributed by atoms with Crippen molar-refractivity contribution in [1.82, 2.24) is 4.90 Å². The van der Waals surface area contributed by atoms with Gasteiger partial charge in [0.15, 0.2) is 0 Å². The van der Waals surface area contributed by atoms with Crippen LogP contribution in [-0.4, -0.2) is 48.3 Å². The van der Waals surface area contributed by atoms with E-state index in [2.05, 4.69) is 13.8 Å². The van der Waals surface area contributed by atoms with Crippen molar-refractivity contribution < 1.29 is 14.6 Å². The number of thiophene rings is 1. The number of ether oxygens (including phenoxy) is 1. The van der Waals surface area contributed by atoms with Gasteiger partial charge in [0.25, 0.3) is 5.91 Å². The number of aliphatic hydroxyl groups is 1. The van der Waals surface area contributed by atoms with Crippen LogP contribution in [0.2, 0.25) is 0 Å². The van der Waals surface area contributed by atoms with Gasteiger partial charge in [0.1, 0.15) is 0 Å². The van der Waals surface area contributed by atoms with E-state index in [0.29, 0.717) is 38.5 Å². The van der Waals surface area contributed by atoms with Gasteiger partial charge in [0, 0.05) is 43.0 Å². The second-order valence-electron chi connectivity index (χ2n) is 6.64. The monoisotopic (exact) mass is 325 g/mol. The van der Waals surface area contributed by atoms with Crippen molar-refractivity contribution in [2.24, 2.45) is 5.92 Å². The highest BCUT2D eigenvalue weighted by Crippen LogP contribution is 2.32. The van der Waals surface area contributed by atoms with Crippen LogP contribution < -0.4 is 0 Å². The summed E-state index contributed by atoms with van der Waals surface area (Å²) < 4.78 is 5.09. The molecule has 1 aromatic heterocycles. The van der Waals surface area contributed by atoms with Crippen LogP contribution in [0.25, 0.3) is 0 Å². The zero-order chi connectivity index (χ0) is 16.3. The lowest BCUT2D eigenvalue weighted by Crippen LogP contribution is -2.52. The van der Waals surface area contributed by atoms with E-state index < -0.39 is 5.60 Å². The van der Waals surface area contributed by atoms with Crippen LogP contribution in [-0.2, 0) is 4.74 Å². The molecule has 5 heteroatoms. The Balaban J connectivity index is 2.01. The van der Waals surface area contributed by atoms with Crippen LogP contribution in [0.5, 0.6) is 0 Å². The maximum absolute atomic E-state index is 12.6. The molecule has 22 heavy (non-hydrogen) atoms. The number of nitrogens with zero attached hydrogens (tertiary/aromatic N) is 1. The summed E-state index contributed by atoms with van der Waals surface area (Å²) in [6, 6.07) is 2.01. The van der Waals surface area contributed by atoms with E-state index in [-0.39, 0.29) is 11.8 Å². The molecule has 124 valence electrons.